The molecule has 1 N–H and O–H groups in total. The fourth-order valence-corrected chi connectivity index (χ4v) is 2.83. The largest absolute Gasteiger partial charge is 0.377 e. The Bertz CT molecular complexity index is 420. The van der Waals surface area contributed by atoms with Gasteiger partial charge in [-0.3, -0.25) is 0 Å². The van der Waals surface area contributed by atoms with Crippen molar-refractivity contribution >= 4 is 5.82 Å². The number of pyridine rings is 1. The fraction of sp³-hybridized carbons (Fsp3) is 0.688. The average molecular weight is 277 g/mol. The number of methoxy groups -OCH3 is 1. The lowest BCUT2D eigenvalue weighted by atomic mass is 9.95. The van der Waals surface area contributed by atoms with E-state index in [1.165, 1.54) is 5.56 Å². The first-order valence-electron chi connectivity index (χ1n) is 7.57. The van der Waals surface area contributed by atoms with E-state index in [2.05, 4.69) is 48.1 Å². The van der Waals surface area contributed by atoms with Crippen molar-refractivity contribution < 1.29 is 4.74 Å². The van der Waals surface area contributed by atoms with Crippen molar-refractivity contribution in [3.63, 3.8) is 0 Å². The second-order valence-electron chi connectivity index (χ2n) is 5.91. The third-order valence-electron chi connectivity index (χ3n) is 4.26. The van der Waals surface area contributed by atoms with Gasteiger partial charge in [0.05, 0.1) is 5.60 Å². The normalized spacial score (nSPS) is 24.7. The Labute approximate surface area is 122 Å². The highest BCUT2D eigenvalue weighted by molar-refractivity contribution is 5.41. The van der Waals surface area contributed by atoms with Gasteiger partial charge in [0.25, 0.3) is 0 Å². The average Bonchev–Trinajstić information content (AvgIpc) is 2.48. The highest BCUT2D eigenvalue weighted by Crippen LogP contribution is 2.27. The van der Waals surface area contributed by atoms with Gasteiger partial charge in [0.15, 0.2) is 0 Å². The van der Waals surface area contributed by atoms with E-state index in [1.54, 1.807) is 7.11 Å². The molecule has 1 aromatic rings. The number of hydrogen-bond donors (Lipinski definition) is 1. The summed E-state index contributed by atoms with van der Waals surface area (Å²) in [4.78, 5) is 6.96. The predicted molar refractivity (Wildman–Crippen MR) is 83.2 cm³/mol. The van der Waals surface area contributed by atoms with Crippen molar-refractivity contribution in [1.82, 2.24) is 10.3 Å². The molecule has 0 bridgehead atoms. The van der Waals surface area contributed by atoms with Crippen LogP contribution in [0.4, 0.5) is 5.82 Å². The molecule has 2 unspecified atom stereocenters. The molecule has 1 aliphatic rings. The molecule has 0 saturated carbocycles. The maximum absolute atomic E-state index is 5.64. The van der Waals surface area contributed by atoms with Crippen molar-refractivity contribution in [1.29, 1.82) is 0 Å². The van der Waals surface area contributed by atoms with E-state index in [4.69, 9.17) is 4.74 Å². The van der Waals surface area contributed by atoms with Gasteiger partial charge in [-0.15, -0.1) is 0 Å². The molecule has 0 aromatic carbocycles. The molecule has 1 aromatic heterocycles. The fourth-order valence-electron chi connectivity index (χ4n) is 2.83. The number of hydrogen-bond acceptors (Lipinski definition) is 4. The summed E-state index contributed by atoms with van der Waals surface area (Å²) in [5.74, 6) is 1.06. The van der Waals surface area contributed by atoms with E-state index >= 15 is 0 Å². The molecule has 4 nitrogen and oxygen atoms in total. The molecule has 1 saturated heterocycles. The molecule has 0 amide bonds. The minimum atomic E-state index is -0.0460. The minimum Gasteiger partial charge on any atom is -0.377 e. The Kier molecular flexibility index (Phi) is 5.00. The topological polar surface area (TPSA) is 37.4 Å². The van der Waals surface area contributed by atoms with Crippen LogP contribution in [0.5, 0.6) is 0 Å². The Morgan fingerprint density at radius 3 is 2.90 bits per heavy atom. The maximum atomic E-state index is 5.64. The van der Waals surface area contributed by atoms with Gasteiger partial charge in [0, 0.05) is 32.4 Å². The van der Waals surface area contributed by atoms with E-state index in [1.807, 2.05) is 6.20 Å². The second-order valence-corrected chi connectivity index (χ2v) is 5.91. The Morgan fingerprint density at radius 1 is 1.50 bits per heavy atom. The Morgan fingerprint density at radius 2 is 2.30 bits per heavy atom. The zero-order chi connectivity index (χ0) is 14.6. The summed E-state index contributed by atoms with van der Waals surface area (Å²) < 4.78 is 5.64. The summed E-state index contributed by atoms with van der Waals surface area (Å²) in [6.07, 6.45) is 4.26. The van der Waals surface area contributed by atoms with Gasteiger partial charge < -0.3 is 15.0 Å². The standard InChI is InChI=1S/C16H27N3O/c1-5-17-13(2)14-7-8-15(18-11-14)19-10-6-9-16(3,12-19)20-4/h7-8,11,13,17H,5-6,9-10,12H2,1-4H3. The van der Waals surface area contributed by atoms with Crippen LogP contribution in [0.1, 0.15) is 45.2 Å². The van der Waals surface area contributed by atoms with E-state index in [9.17, 15) is 0 Å². The van der Waals surface area contributed by atoms with Crippen LogP contribution >= 0.6 is 0 Å². The van der Waals surface area contributed by atoms with Crippen LogP contribution in [0.25, 0.3) is 0 Å². The second kappa shape index (κ2) is 6.55. The lowest BCUT2D eigenvalue weighted by molar-refractivity contribution is -0.00481. The summed E-state index contributed by atoms with van der Waals surface area (Å²) in [6, 6.07) is 4.66. The van der Waals surface area contributed by atoms with E-state index < -0.39 is 0 Å². The smallest absolute Gasteiger partial charge is 0.128 e. The van der Waals surface area contributed by atoms with Crippen molar-refractivity contribution in [3.8, 4) is 0 Å². The van der Waals surface area contributed by atoms with Crippen LogP contribution in [-0.4, -0.2) is 37.3 Å². The van der Waals surface area contributed by atoms with Gasteiger partial charge in [-0.2, -0.15) is 0 Å². The minimum absolute atomic E-state index is 0.0460. The van der Waals surface area contributed by atoms with Gasteiger partial charge in [-0.1, -0.05) is 13.0 Å². The molecule has 4 heteroatoms. The molecule has 2 heterocycles. The van der Waals surface area contributed by atoms with Crippen molar-refractivity contribution in [2.24, 2.45) is 0 Å². The first-order valence-corrected chi connectivity index (χ1v) is 7.57. The number of rotatable bonds is 5. The number of nitrogens with one attached hydrogen (secondary N) is 1. The molecule has 2 rings (SSSR count). The zero-order valence-electron chi connectivity index (χ0n) is 13.1. The molecule has 1 fully saturated rings. The van der Waals surface area contributed by atoms with Crippen LogP contribution in [0.3, 0.4) is 0 Å². The predicted octanol–water partition coefficient (Wildman–Crippen LogP) is 2.76. The Hall–Kier alpha value is -1.13. The Balaban J connectivity index is 2.06. The maximum Gasteiger partial charge on any atom is 0.128 e. The van der Waals surface area contributed by atoms with Crippen LogP contribution < -0.4 is 10.2 Å². The number of piperidine rings is 1. The lowest BCUT2D eigenvalue weighted by Crippen LogP contribution is -2.47. The summed E-state index contributed by atoms with van der Waals surface area (Å²) in [7, 11) is 1.80. The van der Waals surface area contributed by atoms with Gasteiger partial charge in [0.1, 0.15) is 5.82 Å². The molecule has 1 aliphatic heterocycles. The summed E-state index contributed by atoms with van der Waals surface area (Å²) in [5.41, 5.74) is 1.19. The van der Waals surface area contributed by atoms with Crippen molar-refractivity contribution in [2.45, 2.75) is 45.3 Å². The van der Waals surface area contributed by atoms with E-state index in [0.717, 1.165) is 38.3 Å². The van der Waals surface area contributed by atoms with Gasteiger partial charge >= 0.3 is 0 Å². The highest BCUT2D eigenvalue weighted by atomic mass is 16.5. The van der Waals surface area contributed by atoms with Crippen molar-refractivity contribution in [3.05, 3.63) is 23.9 Å². The number of ether oxygens (including phenoxy) is 1. The first-order chi connectivity index (χ1) is 9.58. The van der Waals surface area contributed by atoms with Gasteiger partial charge in [-0.05, 0) is 44.9 Å². The third kappa shape index (κ3) is 3.49. The number of aromatic nitrogens is 1. The van der Waals surface area contributed by atoms with Gasteiger partial charge in [0.2, 0.25) is 0 Å². The first kappa shape index (κ1) is 15.3. The van der Waals surface area contributed by atoms with Crippen molar-refractivity contribution in [2.75, 3.05) is 31.6 Å². The summed E-state index contributed by atoms with van der Waals surface area (Å²) in [6.45, 7) is 9.43. The summed E-state index contributed by atoms with van der Waals surface area (Å²) >= 11 is 0. The molecular formula is C16H27N3O. The molecule has 20 heavy (non-hydrogen) atoms. The molecule has 2 atom stereocenters. The van der Waals surface area contributed by atoms with Crippen LogP contribution in [0.2, 0.25) is 0 Å². The monoisotopic (exact) mass is 277 g/mol. The SMILES string of the molecule is CCNC(C)c1ccc(N2CCCC(C)(OC)C2)nc1. The zero-order valence-corrected chi connectivity index (χ0v) is 13.1. The molecular weight excluding hydrogens is 250 g/mol. The third-order valence-corrected chi connectivity index (χ3v) is 4.26. The van der Waals surface area contributed by atoms with E-state index in [0.29, 0.717) is 6.04 Å². The molecule has 0 aliphatic carbocycles. The number of anilines is 1. The molecule has 0 spiro atoms. The molecule has 0 radical (unpaired) electrons. The highest BCUT2D eigenvalue weighted by Gasteiger charge is 2.31. The van der Waals surface area contributed by atoms with Gasteiger partial charge in [-0.25, -0.2) is 4.98 Å². The summed E-state index contributed by atoms with van der Waals surface area (Å²) in [5, 5.41) is 3.41. The van der Waals surface area contributed by atoms with Crippen LogP contribution in [-0.2, 0) is 4.74 Å². The number of nitrogens with zero attached hydrogens (tertiary/aromatic N) is 2. The van der Waals surface area contributed by atoms with Crippen LogP contribution in [0.15, 0.2) is 18.3 Å². The van der Waals surface area contributed by atoms with E-state index in [-0.39, 0.29) is 5.60 Å². The molecule has 112 valence electrons. The van der Waals surface area contributed by atoms with Crippen LogP contribution in [0, 0.1) is 0 Å². The lowest BCUT2D eigenvalue weighted by Gasteiger charge is -2.40. The quantitative estimate of drug-likeness (QED) is 0.898.